The third-order valence-electron chi connectivity index (χ3n) is 9.31. The van der Waals surface area contributed by atoms with Crippen molar-refractivity contribution in [3.8, 4) is 27.6 Å². The molecule has 8 nitrogen and oxygen atoms in total. The SMILES string of the molecule is CC1CCC(C(=O)N(c2cc(-c3ccc4c(c3)OCn3c-4nc4ccccc43)sc2C(=O)O)C2CCC(O)CC2)CC1. The van der Waals surface area contributed by atoms with Crippen LogP contribution in [0.1, 0.15) is 68.0 Å². The molecule has 2 saturated carbocycles. The van der Waals surface area contributed by atoms with Crippen LogP contribution in [0.4, 0.5) is 5.69 Å². The second-order valence-corrected chi connectivity index (χ2v) is 13.1. The van der Waals surface area contributed by atoms with Gasteiger partial charge in [0.1, 0.15) is 16.5 Å². The van der Waals surface area contributed by atoms with Gasteiger partial charge in [0.05, 0.1) is 28.4 Å². The largest absolute Gasteiger partial charge is 0.477 e. The molecule has 7 rings (SSSR count). The zero-order valence-electron chi connectivity index (χ0n) is 23.7. The van der Waals surface area contributed by atoms with Crippen LogP contribution < -0.4 is 9.64 Å². The Bertz CT molecular complexity index is 1660. The van der Waals surface area contributed by atoms with Gasteiger partial charge in [-0.2, -0.15) is 0 Å². The highest BCUT2D eigenvalue weighted by Gasteiger charge is 2.37. The Morgan fingerprint density at radius 1 is 1.00 bits per heavy atom. The smallest absolute Gasteiger partial charge is 0.348 e. The molecular formula is C33H35N3O5S. The molecule has 1 aliphatic heterocycles. The van der Waals surface area contributed by atoms with Gasteiger partial charge < -0.3 is 19.8 Å². The highest BCUT2D eigenvalue weighted by atomic mass is 32.1. The number of aliphatic hydroxyl groups excluding tert-OH is 1. The zero-order valence-corrected chi connectivity index (χ0v) is 24.5. The Balaban J connectivity index is 1.26. The van der Waals surface area contributed by atoms with Crippen molar-refractivity contribution in [1.82, 2.24) is 9.55 Å². The molecule has 1 amide bonds. The van der Waals surface area contributed by atoms with Crippen molar-refractivity contribution in [3.63, 3.8) is 0 Å². The molecule has 0 atom stereocenters. The minimum Gasteiger partial charge on any atom is -0.477 e. The van der Waals surface area contributed by atoms with Crippen LogP contribution >= 0.6 is 11.3 Å². The number of imidazole rings is 1. The molecule has 42 heavy (non-hydrogen) atoms. The van der Waals surface area contributed by atoms with Gasteiger partial charge in [-0.25, -0.2) is 9.78 Å². The molecule has 2 N–H and O–H groups in total. The van der Waals surface area contributed by atoms with Crippen LogP contribution in [-0.2, 0) is 11.5 Å². The lowest BCUT2D eigenvalue weighted by atomic mass is 9.81. The van der Waals surface area contributed by atoms with Crippen molar-refractivity contribution in [2.75, 3.05) is 4.90 Å². The van der Waals surface area contributed by atoms with E-state index in [4.69, 9.17) is 9.72 Å². The molecule has 2 aromatic heterocycles. The summed E-state index contributed by atoms with van der Waals surface area (Å²) in [5.74, 6) is 1.05. The quantitative estimate of drug-likeness (QED) is 0.263. The predicted molar refractivity (Wildman–Crippen MR) is 163 cm³/mol. The molecule has 0 unspecified atom stereocenters. The number of hydrogen-bond acceptors (Lipinski definition) is 6. The third kappa shape index (κ3) is 4.78. The Kier molecular flexibility index (Phi) is 7.02. The summed E-state index contributed by atoms with van der Waals surface area (Å²) < 4.78 is 8.22. The third-order valence-corrected chi connectivity index (χ3v) is 10.5. The van der Waals surface area contributed by atoms with Crippen LogP contribution in [0.25, 0.3) is 32.9 Å². The topological polar surface area (TPSA) is 105 Å². The Hall–Kier alpha value is -3.69. The summed E-state index contributed by atoms with van der Waals surface area (Å²) >= 11 is 1.20. The van der Waals surface area contributed by atoms with Gasteiger partial charge in [-0.15, -0.1) is 11.3 Å². The van der Waals surface area contributed by atoms with Crippen molar-refractivity contribution in [2.45, 2.75) is 77.2 Å². The molecule has 218 valence electrons. The average Bonchev–Trinajstić information content (AvgIpc) is 3.61. The minimum atomic E-state index is -1.03. The van der Waals surface area contributed by atoms with Crippen molar-refractivity contribution < 1.29 is 24.5 Å². The van der Waals surface area contributed by atoms with E-state index in [1.807, 2.05) is 48.5 Å². The number of rotatable bonds is 5. The number of fused-ring (bicyclic) bond motifs is 5. The van der Waals surface area contributed by atoms with Crippen LogP contribution in [0.5, 0.6) is 5.75 Å². The number of hydrogen-bond donors (Lipinski definition) is 2. The van der Waals surface area contributed by atoms with E-state index in [1.54, 1.807) is 4.90 Å². The van der Waals surface area contributed by atoms with Crippen molar-refractivity contribution >= 4 is 39.9 Å². The number of carboxylic acids is 1. The number of ether oxygens (including phenoxy) is 1. The number of aromatic nitrogens is 2. The minimum absolute atomic E-state index is 0.0304. The van der Waals surface area contributed by atoms with E-state index in [-0.39, 0.29) is 28.8 Å². The van der Waals surface area contributed by atoms with E-state index in [0.29, 0.717) is 49.8 Å². The fourth-order valence-corrected chi connectivity index (χ4v) is 7.88. The standard InChI is InChI=1S/C33H35N3O5S/c1-19-6-8-20(9-7-19)32(38)36(22-11-13-23(37)14-12-22)27-17-29(42-30(27)33(39)40)21-10-15-24-28(16-21)41-18-35-26-5-3-2-4-25(26)34-31(24)35/h2-5,10,15-17,19-20,22-23,37H,6-9,11-14,18H2,1H3,(H,39,40). The van der Waals surface area contributed by atoms with Gasteiger partial charge in [-0.3, -0.25) is 9.36 Å². The molecule has 0 spiro atoms. The number of thiophene rings is 1. The molecule has 4 aromatic rings. The maximum Gasteiger partial charge on any atom is 0.348 e. The molecule has 2 aromatic carbocycles. The van der Waals surface area contributed by atoms with Gasteiger partial charge >= 0.3 is 5.97 Å². The van der Waals surface area contributed by atoms with E-state index in [0.717, 1.165) is 58.5 Å². The monoisotopic (exact) mass is 585 g/mol. The van der Waals surface area contributed by atoms with Gasteiger partial charge in [0.15, 0.2) is 6.73 Å². The van der Waals surface area contributed by atoms with Crippen molar-refractivity contribution in [3.05, 3.63) is 53.4 Å². The Morgan fingerprint density at radius 3 is 2.52 bits per heavy atom. The second kappa shape index (κ2) is 10.9. The van der Waals surface area contributed by atoms with E-state index < -0.39 is 5.97 Å². The lowest BCUT2D eigenvalue weighted by Gasteiger charge is -2.38. The fourth-order valence-electron chi connectivity index (χ4n) is 6.90. The summed E-state index contributed by atoms with van der Waals surface area (Å²) in [7, 11) is 0. The number of para-hydroxylation sites is 2. The second-order valence-electron chi connectivity index (χ2n) is 12.1. The van der Waals surface area contributed by atoms with E-state index in [2.05, 4.69) is 11.5 Å². The summed E-state index contributed by atoms with van der Waals surface area (Å²) in [5.41, 5.74) is 4.14. The number of nitrogens with zero attached hydrogens (tertiary/aromatic N) is 3. The first kappa shape index (κ1) is 27.2. The molecule has 3 heterocycles. The maximum atomic E-state index is 14.1. The average molecular weight is 586 g/mol. The molecular weight excluding hydrogens is 550 g/mol. The van der Waals surface area contributed by atoms with Crippen molar-refractivity contribution in [2.24, 2.45) is 11.8 Å². The molecule has 3 aliphatic rings. The molecule has 0 bridgehead atoms. The van der Waals surface area contributed by atoms with Gasteiger partial charge in [0, 0.05) is 16.8 Å². The normalized spacial score (nSPS) is 23.6. The van der Waals surface area contributed by atoms with Crippen LogP contribution in [0.3, 0.4) is 0 Å². The molecule has 0 saturated heterocycles. The number of anilines is 1. The van der Waals surface area contributed by atoms with E-state index in [9.17, 15) is 19.8 Å². The maximum absolute atomic E-state index is 14.1. The number of amides is 1. The van der Waals surface area contributed by atoms with Gasteiger partial charge in [0.25, 0.3) is 0 Å². The van der Waals surface area contributed by atoms with Crippen LogP contribution in [0.15, 0.2) is 48.5 Å². The summed E-state index contributed by atoms with van der Waals surface area (Å²) in [6, 6.07) is 15.6. The van der Waals surface area contributed by atoms with Crippen LogP contribution in [0, 0.1) is 11.8 Å². The number of aromatic carboxylic acids is 1. The van der Waals surface area contributed by atoms with Crippen LogP contribution in [-0.4, -0.2) is 43.8 Å². The van der Waals surface area contributed by atoms with Gasteiger partial charge in [-0.05, 0) is 93.2 Å². The first-order valence-corrected chi connectivity index (χ1v) is 15.8. The highest BCUT2D eigenvalue weighted by Crippen LogP contribution is 2.44. The lowest BCUT2D eigenvalue weighted by Crippen LogP contribution is -2.47. The fraction of sp³-hybridized carbons (Fsp3) is 0.424. The van der Waals surface area contributed by atoms with Crippen molar-refractivity contribution in [1.29, 1.82) is 0 Å². The lowest BCUT2D eigenvalue weighted by molar-refractivity contribution is -0.124. The summed E-state index contributed by atoms with van der Waals surface area (Å²) in [4.78, 5) is 34.3. The molecule has 2 aliphatic carbocycles. The molecule has 9 heteroatoms. The Morgan fingerprint density at radius 2 is 1.76 bits per heavy atom. The summed E-state index contributed by atoms with van der Waals surface area (Å²) in [6.45, 7) is 2.57. The zero-order chi connectivity index (χ0) is 29.0. The highest BCUT2D eigenvalue weighted by molar-refractivity contribution is 7.18. The first-order valence-electron chi connectivity index (χ1n) is 15.0. The van der Waals surface area contributed by atoms with Crippen LogP contribution in [0.2, 0.25) is 0 Å². The number of carboxylic acid groups (broad SMARTS) is 1. The molecule has 0 radical (unpaired) electrons. The summed E-state index contributed by atoms with van der Waals surface area (Å²) in [6.07, 6.45) is 5.87. The van der Waals surface area contributed by atoms with E-state index in [1.165, 1.54) is 11.3 Å². The number of aliphatic hydroxyl groups is 1. The van der Waals surface area contributed by atoms with Gasteiger partial charge in [-0.1, -0.05) is 25.1 Å². The number of benzene rings is 2. The Labute approximate surface area is 248 Å². The predicted octanol–water partition coefficient (Wildman–Crippen LogP) is 6.94. The summed E-state index contributed by atoms with van der Waals surface area (Å²) in [5, 5.41) is 20.5. The first-order chi connectivity index (χ1) is 20.4. The van der Waals surface area contributed by atoms with Gasteiger partial charge in [0.2, 0.25) is 5.91 Å². The molecule has 2 fully saturated rings. The number of carbonyl (C=O) groups excluding carboxylic acids is 1. The van der Waals surface area contributed by atoms with E-state index >= 15 is 0 Å². The number of carbonyl (C=O) groups is 2.